The summed E-state index contributed by atoms with van der Waals surface area (Å²) in [6, 6.07) is 18.8. The third kappa shape index (κ3) is 2.70. The van der Waals surface area contributed by atoms with E-state index in [1.807, 2.05) is 12.1 Å². The Morgan fingerprint density at radius 3 is 2.45 bits per heavy atom. The molecule has 2 aromatic rings. The van der Waals surface area contributed by atoms with Gasteiger partial charge in [0, 0.05) is 12.6 Å². The Kier molecular flexibility index (Phi) is 3.75. The Hall–Kier alpha value is -1.80. The molecule has 20 heavy (non-hydrogen) atoms. The van der Waals surface area contributed by atoms with Crippen molar-refractivity contribution in [2.24, 2.45) is 0 Å². The molecule has 3 rings (SSSR count). The van der Waals surface area contributed by atoms with Crippen molar-refractivity contribution < 1.29 is 5.11 Å². The van der Waals surface area contributed by atoms with E-state index < -0.39 is 0 Å². The molecule has 2 heteroatoms. The zero-order valence-electron chi connectivity index (χ0n) is 11.9. The van der Waals surface area contributed by atoms with E-state index in [-0.39, 0.29) is 0 Å². The monoisotopic (exact) mass is 267 g/mol. The van der Waals surface area contributed by atoms with Crippen molar-refractivity contribution in [3.63, 3.8) is 0 Å². The molecule has 1 heterocycles. The number of benzene rings is 2. The Labute approximate surface area is 120 Å². The molecule has 1 aliphatic rings. The summed E-state index contributed by atoms with van der Waals surface area (Å²) in [6.45, 7) is 4.51. The molecule has 104 valence electrons. The fourth-order valence-corrected chi connectivity index (χ4v) is 3.10. The molecule has 2 unspecified atom stereocenters. The molecule has 0 radical (unpaired) electrons. The lowest BCUT2D eigenvalue weighted by molar-refractivity contribution is 0.259. The Balaban J connectivity index is 1.69. The van der Waals surface area contributed by atoms with Gasteiger partial charge < -0.3 is 5.11 Å². The number of aromatic hydroxyl groups is 1. The molecule has 1 N–H and O–H groups in total. The van der Waals surface area contributed by atoms with Crippen molar-refractivity contribution in [1.29, 1.82) is 0 Å². The first-order chi connectivity index (χ1) is 9.74. The van der Waals surface area contributed by atoms with Crippen LogP contribution in [0.4, 0.5) is 0 Å². The first-order valence-corrected chi connectivity index (χ1v) is 7.32. The number of nitrogens with zero attached hydrogens (tertiary/aromatic N) is 1. The molecule has 2 nitrogen and oxygen atoms in total. The highest BCUT2D eigenvalue weighted by atomic mass is 16.3. The fraction of sp³-hybridized carbons (Fsp3) is 0.333. The number of phenolic OH excluding ortho intramolecular Hbond substituents is 1. The van der Waals surface area contributed by atoms with Gasteiger partial charge in [-0.15, -0.1) is 0 Å². The first-order valence-electron chi connectivity index (χ1n) is 7.32. The van der Waals surface area contributed by atoms with E-state index in [9.17, 15) is 5.11 Å². The lowest BCUT2D eigenvalue weighted by atomic mass is 9.98. The molecule has 2 aromatic carbocycles. The number of phenols is 1. The maximum Gasteiger partial charge on any atom is 0.115 e. The minimum atomic E-state index is 0.338. The van der Waals surface area contributed by atoms with Crippen molar-refractivity contribution in [3.8, 4) is 5.75 Å². The molecule has 0 spiro atoms. The molecular weight excluding hydrogens is 246 g/mol. The van der Waals surface area contributed by atoms with E-state index in [0.717, 1.165) is 13.1 Å². The first kappa shape index (κ1) is 13.2. The Morgan fingerprint density at radius 1 is 1.05 bits per heavy atom. The average Bonchev–Trinajstić information content (AvgIpc) is 2.98. The van der Waals surface area contributed by atoms with Crippen LogP contribution in [0.2, 0.25) is 0 Å². The van der Waals surface area contributed by atoms with Crippen LogP contribution in [0, 0.1) is 0 Å². The van der Waals surface area contributed by atoms with Crippen LogP contribution in [0.3, 0.4) is 0 Å². The molecule has 1 saturated heterocycles. The molecule has 0 amide bonds. The second kappa shape index (κ2) is 5.68. The molecule has 1 fully saturated rings. The van der Waals surface area contributed by atoms with E-state index in [1.165, 1.54) is 17.5 Å². The molecule has 0 bridgehead atoms. The topological polar surface area (TPSA) is 23.5 Å². The summed E-state index contributed by atoms with van der Waals surface area (Å²) < 4.78 is 0. The number of hydrogen-bond donors (Lipinski definition) is 1. The Bertz CT molecular complexity index is 549. The van der Waals surface area contributed by atoms with Crippen LogP contribution in [-0.2, 0) is 0 Å². The van der Waals surface area contributed by atoms with E-state index in [1.54, 1.807) is 12.1 Å². The van der Waals surface area contributed by atoms with Crippen molar-refractivity contribution in [1.82, 2.24) is 4.90 Å². The second-order valence-electron chi connectivity index (χ2n) is 5.66. The number of hydrogen-bond acceptors (Lipinski definition) is 2. The minimum Gasteiger partial charge on any atom is -0.508 e. The minimum absolute atomic E-state index is 0.338. The zero-order valence-corrected chi connectivity index (χ0v) is 11.9. The van der Waals surface area contributed by atoms with Gasteiger partial charge in [-0.1, -0.05) is 42.5 Å². The van der Waals surface area contributed by atoms with Crippen LogP contribution in [0.5, 0.6) is 5.75 Å². The van der Waals surface area contributed by atoms with Crippen molar-refractivity contribution >= 4 is 0 Å². The maximum absolute atomic E-state index is 9.38. The standard InChI is InChI=1S/C18H21NO/c1-14(15-7-9-18(20)10-8-15)19-12-11-17(13-19)16-5-3-2-4-6-16/h2-10,14,17,20H,11-13H2,1H3. The summed E-state index contributed by atoms with van der Waals surface area (Å²) in [6.07, 6.45) is 1.23. The largest absolute Gasteiger partial charge is 0.508 e. The third-order valence-electron chi connectivity index (χ3n) is 4.41. The highest BCUT2D eigenvalue weighted by Crippen LogP contribution is 2.33. The highest BCUT2D eigenvalue weighted by Gasteiger charge is 2.27. The molecule has 0 aromatic heterocycles. The summed E-state index contributed by atoms with van der Waals surface area (Å²) in [5, 5.41) is 9.38. The Morgan fingerprint density at radius 2 is 1.75 bits per heavy atom. The van der Waals surface area contributed by atoms with Crippen LogP contribution >= 0.6 is 0 Å². The number of rotatable bonds is 3. The van der Waals surface area contributed by atoms with Gasteiger partial charge >= 0.3 is 0 Å². The summed E-state index contributed by atoms with van der Waals surface area (Å²) in [4.78, 5) is 2.53. The van der Waals surface area contributed by atoms with E-state index in [0.29, 0.717) is 17.7 Å². The van der Waals surface area contributed by atoms with Gasteiger partial charge in [-0.3, -0.25) is 4.90 Å². The molecule has 2 atom stereocenters. The van der Waals surface area contributed by atoms with Crippen LogP contribution in [0.25, 0.3) is 0 Å². The summed E-state index contributed by atoms with van der Waals surface area (Å²) in [5.41, 5.74) is 2.73. The zero-order chi connectivity index (χ0) is 13.9. The van der Waals surface area contributed by atoms with Gasteiger partial charge in [0.15, 0.2) is 0 Å². The lowest BCUT2D eigenvalue weighted by Gasteiger charge is -2.25. The van der Waals surface area contributed by atoms with Gasteiger partial charge in [-0.2, -0.15) is 0 Å². The molecular formula is C18H21NO. The van der Waals surface area contributed by atoms with Crippen molar-refractivity contribution in [2.75, 3.05) is 13.1 Å². The van der Waals surface area contributed by atoms with Gasteiger partial charge in [0.1, 0.15) is 5.75 Å². The van der Waals surface area contributed by atoms with Gasteiger partial charge in [0.05, 0.1) is 0 Å². The quantitative estimate of drug-likeness (QED) is 0.910. The van der Waals surface area contributed by atoms with E-state index >= 15 is 0 Å². The number of likely N-dealkylation sites (tertiary alicyclic amines) is 1. The predicted molar refractivity (Wildman–Crippen MR) is 81.9 cm³/mol. The average molecular weight is 267 g/mol. The molecule has 0 saturated carbocycles. The summed E-state index contributed by atoms with van der Waals surface area (Å²) in [5.74, 6) is 0.986. The summed E-state index contributed by atoms with van der Waals surface area (Å²) in [7, 11) is 0. The van der Waals surface area contributed by atoms with Gasteiger partial charge in [0.25, 0.3) is 0 Å². The van der Waals surface area contributed by atoms with Crippen molar-refractivity contribution in [2.45, 2.75) is 25.3 Å². The smallest absolute Gasteiger partial charge is 0.115 e. The van der Waals surface area contributed by atoms with Crippen molar-refractivity contribution in [3.05, 3.63) is 65.7 Å². The van der Waals surface area contributed by atoms with Crippen LogP contribution < -0.4 is 0 Å². The van der Waals surface area contributed by atoms with Crippen LogP contribution in [0.1, 0.15) is 36.4 Å². The normalized spacial score (nSPS) is 20.9. The SMILES string of the molecule is CC(c1ccc(O)cc1)N1CCC(c2ccccc2)C1. The van der Waals surface area contributed by atoms with Gasteiger partial charge in [-0.25, -0.2) is 0 Å². The molecule has 1 aliphatic heterocycles. The van der Waals surface area contributed by atoms with Crippen LogP contribution in [-0.4, -0.2) is 23.1 Å². The third-order valence-corrected chi connectivity index (χ3v) is 4.41. The second-order valence-corrected chi connectivity index (χ2v) is 5.66. The van der Waals surface area contributed by atoms with Gasteiger partial charge in [-0.05, 0) is 49.1 Å². The predicted octanol–water partition coefficient (Wildman–Crippen LogP) is 3.94. The lowest BCUT2D eigenvalue weighted by Crippen LogP contribution is -2.24. The van der Waals surface area contributed by atoms with Crippen LogP contribution in [0.15, 0.2) is 54.6 Å². The summed E-state index contributed by atoms with van der Waals surface area (Å²) >= 11 is 0. The maximum atomic E-state index is 9.38. The highest BCUT2D eigenvalue weighted by molar-refractivity contribution is 5.28. The fourth-order valence-electron chi connectivity index (χ4n) is 3.10. The van der Waals surface area contributed by atoms with E-state index in [4.69, 9.17) is 0 Å². The van der Waals surface area contributed by atoms with Gasteiger partial charge in [0.2, 0.25) is 0 Å². The molecule has 0 aliphatic carbocycles. The van der Waals surface area contributed by atoms with E-state index in [2.05, 4.69) is 42.2 Å².